The maximum absolute atomic E-state index is 4.38. The highest BCUT2D eigenvalue weighted by Crippen LogP contribution is 2.18. The summed E-state index contributed by atoms with van der Waals surface area (Å²) in [4.78, 5) is 11.9. The smallest absolute Gasteiger partial charge is 0.150 e. The normalized spacial score (nSPS) is 10.9. The molecule has 0 amide bonds. The average molecular weight is 247 g/mol. The number of rotatable bonds is 3. The van der Waals surface area contributed by atoms with Crippen LogP contribution in [0.5, 0.6) is 0 Å². The fraction of sp³-hybridized carbons (Fsp3) is 0. The van der Waals surface area contributed by atoms with Crippen LogP contribution in [-0.2, 0) is 0 Å². The van der Waals surface area contributed by atoms with Crippen LogP contribution in [0, 0.1) is 0 Å². The number of hydrogen-bond donors (Lipinski definition) is 1. The third-order valence-electron chi connectivity index (χ3n) is 2.76. The zero-order valence-corrected chi connectivity index (χ0v) is 10.3. The van der Waals surface area contributed by atoms with Crippen LogP contribution in [0.2, 0.25) is 0 Å². The van der Waals surface area contributed by atoms with E-state index in [0.717, 1.165) is 22.8 Å². The lowest BCUT2D eigenvalue weighted by Crippen LogP contribution is -1.79. The molecule has 3 heteroatoms. The molecule has 0 aliphatic heterocycles. The van der Waals surface area contributed by atoms with Crippen molar-refractivity contribution in [1.82, 2.24) is 9.97 Å². The van der Waals surface area contributed by atoms with Crippen molar-refractivity contribution in [1.29, 1.82) is 0 Å². The SMILES string of the molecule is C(=Nc1cnc(-c2ccccc2)[nH]1)c1ccccc1. The van der Waals surface area contributed by atoms with Gasteiger partial charge in [-0.1, -0.05) is 60.7 Å². The van der Waals surface area contributed by atoms with Gasteiger partial charge in [0.1, 0.15) is 11.6 Å². The summed E-state index contributed by atoms with van der Waals surface area (Å²) in [5.41, 5.74) is 2.13. The van der Waals surface area contributed by atoms with Crippen molar-refractivity contribution in [2.75, 3.05) is 0 Å². The Balaban J connectivity index is 1.81. The molecular weight excluding hydrogens is 234 g/mol. The highest BCUT2D eigenvalue weighted by atomic mass is 15.0. The maximum atomic E-state index is 4.38. The number of aromatic amines is 1. The van der Waals surface area contributed by atoms with Gasteiger partial charge in [-0.3, -0.25) is 0 Å². The molecule has 0 radical (unpaired) electrons. The predicted molar refractivity (Wildman–Crippen MR) is 77.7 cm³/mol. The monoisotopic (exact) mass is 247 g/mol. The first-order valence-corrected chi connectivity index (χ1v) is 6.11. The third kappa shape index (κ3) is 2.77. The van der Waals surface area contributed by atoms with Gasteiger partial charge < -0.3 is 4.98 Å². The number of nitrogens with zero attached hydrogens (tertiary/aromatic N) is 2. The van der Waals surface area contributed by atoms with Crippen molar-refractivity contribution >= 4 is 12.0 Å². The van der Waals surface area contributed by atoms with E-state index >= 15 is 0 Å². The summed E-state index contributed by atoms with van der Waals surface area (Å²) in [6, 6.07) is 20.0. The number of aliphatic imine (C=N–C) groups is 1. The summed E-state index contributed by atoms with van der Waals surface area (Å²) in [6.07, 6.45) is 3.56. The van der Waals surface area contributed by atoms with E-state index in [0.29, 0.717) is 0 Å². The molecule has 0 atom stereocenters. The summed E-state index contributed by atoms with van der Waals surface area (Å²) >= 11 is 0. The zero-order chi connectivity index (χ0) is 12.9. The van der Waals surface area contributed by atoms with Gasteiger partial charge >= 0.3 is 0 Å². The van der Waals surface area contributed by atoms with Crippen LogP contribution in [0.3, 0.4) is 0 Å². The minimum absolute atomic E-state index is 0.753. The lowest BCUT2D eigenvalue weighted by Gasteiger charge is -1.94. The van der Waals surface area contributed by atoms with Crippen LogP contribution < -0.4 is 0 Å². The molecule has 0 saturated heterocycles. The minimum Gasteiger partial charge on any atom is -0.323 e. The van der Waals surface area contributed by atoms with Gasteiger partial charge in [0, 0.05) is 11.8 Å². The van der Waals surface area contributed by atoms with Crippen molar-refractivity contribution in [3.63, 3.8) is 0 Å². The van der Waals surface area contributed by atoms with E-state index in [9.17, 15) is 0 Å². The second-order valence-corrected chi connectivity index (χ2v) is 4.15. The summed E-state index contributed by atoms with van der Waals surface area (Å²) in [5, 5.41) is 0. The lowest BCUT2D eigenvalue weighted by molar-refractivity contribution is 1.30. The van der Waals surface area contributed by atoms with Gasteiger partial charge in [-0.15, -0.1) is 0 Å². The van der Waals surface area contributed by atoms with Crippen LogP contribution in [0.4, 0.5) is 5.82 Å². The van der Waals surface area contributed by atoms with E-state index in [1.165, 1.54) is 0 Å². The molecule has 3 nitrogen and oxygen atoms in total. The fourth-order valence-electron chi connectivity index (χ4n) is 1.80. The summed E-state index contributed by atoms with van der Waals surface area (Å²) < 4.78 is 0. The van der Waals surface area contributed by atoms with Gasteiger partial charge in [-0.05, 0) is 5.56 Å². The van der Waals surface area contributed by atoms with Crippen LogP contribution in [0.1, 0.15) is 5.56 Å². The second-order valence-electron chi connectivity index (χ2n) is 4.15. The van der Waals surface area contributed by atoms with E-state index in [1.54, 1.807) is 6.20 Å². The van der Waals surface area contributed by atoms with Crippen molar-refractivity contribution in [2.24, 2.45) is 4.99 Å². The van der Waals surface area contributed by atoms with Crippen molar-refractivity contribution in [3.05, 3.63) is 72.4 Å². The fourth-order valence-corrected chi connectivity index (χ4v) is 1.80. The van der Waals surface area contributed by atoms with Gasteiger partial charge in [0.15, 0.2) is 0 Å². The highest BCUT2D eigenvalue weighted by molar-refractivity contribution is 5.81. The average Bonchev–Trinajstić information content (AvgIpc) is 2.96. The van der Waals surface area contributed by atoms with E-state index in [2.05, 4.69) is 15.0 Å². The third-order valence-corrected chi connectivity index (χ3v) is 2.76. The Hall–Kier alpha value is -2.68. The number of benzene rings is 2. The van der Waals surface area contributed by atoms with E-state index in [1.807, 2.05) is 66.9 Å². The lowest BCUT2D eigenvalue weighted by atomic mass is 10.2. The minimum atomic E-state index is 0.753. The molecule has 0 aliphatic rings. The Morgan fingerprint density at radius 2 is 1.58 bits per heavy atom. The summed E-state index contributed by atoms with van der Waals surface area (Å²) in [7, 11) is 0. The van der Waals surface area contributed by atoms with E-state index < -0.39 is 0 Å². The highest BCUT2D eigenvalue weighted by Gasteiger charge is 2.00. The molecule has 92 valence electrons. The first-order valence-electron chi connectivity index (χ1n) is 6.11. The number of H-pyrrole nitrogens is 1. The molecule has 1 aromatic heterocycles. The molecule has 2 aromatic carbocycles. The van der Waals surface area contributed by atoms with Gasteiger partial charge in [0.25, 0.3) is 0 Å². The Bertz CT molecular complexity index is 669. The predicted octanol–water partition coefficient (Wildman–Crippen LogP) is 3.83. The quantitative estimate of drug-likeness (QED) is 0.702. The Labute approximate surface area is 111 Å². The van der Waals surface area contributed by atoms with Crippen LogP contribution >= 0.6 is 0 Å². The number of nitrogens with one attached hydrogen (secondary N) is 1. The first-order chi connectivity index (χ1) is 9.42. The molecule has 1 N–H and O–H groups in total. The molecule has 19 heavy (non-hydrogen) atoms. The molecular formula is C16H13N3. The van der Waals surface area contributed by atoms with Crippen molar-refractivity contribution in [2.45, 2.75) is 0 Å². The van der Waals surface area contributed by atoms with Gasteiger partial charge in [-0.25, -0.2) is 9.98 Å². The van der Waals surface area contributed by atoms with Crippen molar-refractivity contribution < 1.29 is 0 Å². The number of aromatic nitrogens is 2. The van der Waals surface area contributed by atoms with Gasteiger partial charge in [-0.2, -0.15) is 0 Å². The number of imidazole rings is 1. The molecule has 0 saturated carbocycles. The molecule has 0 fully saturated rings. The molecule has 0 spiro atoms. The topological polar surface area (TPSA) is 41.0 Å². The van der Waals surface area contributed by atoms with Gasteiger partial charge in [0.05, 0.1) is 6.20 Å². The zero-order valence-electron chi connectivity index (χ0n) is 10.3. The molecule has 3 rings (SSSR count). The Morgan fingerprint density at radius 3 is 2.32 bits per heavy atom. The van der Waals surface area contributed by atoms with Gasteiger partial charge in [0.2, 0.25) is 0 Å². The second kappa shape index (κ2) is 5.31. The van der Waals surface area contributed by atoms with E-state index in [4.69, 9.17) is 0 Å². The van der Waals surface area contributed by atoms with E-state index in [-0.39, 0.29) is 0 Å². The largest absolute Gasteiger partial charge is 0.323 e. The van der Waals surface area contributed by atoms with Crippen LogP contribution in [0.15, 0.2) is 71.9 Å². The summed E-state index contributed by atoms with van der Waals surface area (Å²) in [6.45, 7) is 0. The Morgan fingerprint density at radius 1 is 0.895 bits per heavy atom. The summed E-state index contributed by atoms with van der Waals surface area (Å²) in [5.74, 6) is 1.59. The Kier molecular flexibility index (Phi) is 3.19. The van der Waals surface area contributed by atoms with Crippen molar-refractivity contribution in [3.8, 4) is 11.4 Å². The van der Waals surface area contributed by atoms with Crippen LogP contribution in [-0.4, -0.2) is 16.2 Å². The molecule has 0 unspecified atom stereocenters. The molecule has 0 aliphatic carbocycles. The first kappa shape index (κ1) is 11.4. The van der Waals surface area contributed by atoms with Crippen LogP contribution in [0.25, 0.3) is 11.4 Å². The number of hydrogen-bond acceptors (Lipinski definition) is 2. The standard InChI is InChI=1S/C16H13N3/c1-3-7-13(8-4-1)11-17-15-12-18-16(19-15)14-9-5-2-6-10-14/h1-12H,(H,18,19). The molecule has 3 aromatic rings. The molecule has 0 bridgehead atoms. The maximum Gasteiger partial charge on any atom is 0.150 e. The molecule has 1 heterocycles.